The van der Waals surface area contributed by atoms with Gasteiger partial charge in [-0.1, -0.05) is 6.92 Å². The third-order valence-corrected chi connectivity index (χ3v) is 3.70. The molecule has 0 bridgehead atoms. The Morgan fingerprint density at radius 1 is 0.833 bits per heavy atom. The average Bonchev–Trinajstić information content (AvgIpc) is 2.39. The van der Waals surface area contributed by atoms with Crippen LogP contribution in [-0.4, -0.2) is 64.4 Å². The van der Waals surface area contributed by atoms with Gasteiger partial charge in [0.15, 0.2) is 0 Å². The van der Waals surface area contributed by atoms with Crippen molar-refractivity contribution in [3.8, 4) is 0 Å². The molecular formula is C13H26O4S. The molecule has 0 radical (unpaired) electrons. The van der Waals surface area contributed by atoms with Crippen LogP contribution in [0.15, 0.2) is 0 Å². The van der Waals surface area contributed by atoms with Crippen LogP contribution in [0.1, 0.15) is 13.3 Å². The molecule has 18 heavy (non-hydrogen) atoms. The van der Waals surface area contributed by atoms with Gasteiger partial charge in [-0.15, -0.1) is 0 Å². The van der Waals surface area contributed by atoms with Crippen molar-refractivity contribution in [2.45, 2.75) is 13.3 Å². The minimum Gasteiger partial charge on any atom is -0.379 e. The Morgan fingerprint density at radius 2 is 1.39 bits per heavy atom. The second-order valence-corrected chi connectivity index (χ2v) is 5.57. The molecule has 0 spiro atoms. The summed E-state index contributed by atoms with van der Waals surface area (Å²) in [5.74, 6) is 2.71. The molecule has 1 fully saturated rings. The molecule has 0 amide bonds. The quantitative estimate of drug-likeness (QED) is 0.787. The first-order valence-corrected chi connectivity index (χ1v) is 7.97. The third-order valence-electron chi connectivity index (χ3n) is 2.59. The number of hydrogen-bond donors (Lipinski definition) is 0. The molecule has 1 rings (SSSR count). The van der Waals surface area contributed by atoms with E-state index < -0.39 is 0 Å². The molecule has 0 aromatic carbocycles. The van der Waals surface area contributed by atoms with Crippen molar-refractivity contribution in [1.82, 2.24) is 0 Å². The van der Waals surface area contributed by atoms with Crippen LogP contribution in [0.25, 0.3) is 0 Å². The van der Waals surface area contributed by atoms with Gasteiger partial charge in [0.05, 0.1) is 39.6 Å². The van der Waals surface area contributed by atoms with Crippen molar-refractivity contribution in [3.05, 3.63) is 0 Å². The summed E-state index contributed by atoms with van der Waals surface area (Å²) in [6.45, 7) is 7.90. The Hall–Kier alpha value is 0.190. The van der Waals surface area contributed by atoms with Crippen LogP contribution in [-0.2, 0) is 18.9 Å². The van der Waals surface area contributed by atoms with Gasteiger partial charge < -0.3 is 18.9 Å². The van der Waals surface area contributed by atoms with Gasteiger partial charge in [-0.2, -0.15) is 11.8 Å². The normalized spacial score (nSPS) is 22.5. The van der Waals surface area contributed by atoms with E-state index in [1.54, 1.807) is 0 Å². The lowest BCUT2D eigenvalue weighted by molar-refractivity contribution is -0.0134. The van der Waals surface area contributed by atoms with Crippen molar-refractivity contribution in [2.75, 3.05) is 64.4 Å². The number of thioether (sulfide) groups is 1. The molecule has 1 saturated heterocycles. The summed E-state index contributed by atoms with van der Waals surface area (Å²) in [4.78, 5) is 0. The summed E-state index contributed by atoms with van der Waals surface area (Å²) in [5, 5.41) is 0. The first kappa shape index (κ1) is 16.2. The second kappa shape index (κ2) is 12.2. The van der Waals surface area contributed by atoms with Crippen molar-refractivity contribution >= 4 is 11.8 Å². The maximum absolute atomic E-state index is 5.64. The fourth-order valence-corrected chi connectivity index (χ4v) is 2.39. The summed E-state index contributed by atoms with van der Waals surface area (Å²) < 4.78 is 22.2. The zero-order valence-corrected chi connectivity index (χ0v) is 12.2. The Labute approximate surface area is 115 Å². The van der Waals surface area contributed by atoms with Crippen LogP contribution in [0, 0.1) is 5.92 Å². The van der Waals surface area contributed by atoms with Crippen LogP contribution in [0.2, 0.25) is 0 Å². The fourth-order valence-electron chi connectivity index (χ4n) is 1.63. The zero-order chi connectivity index (χ0) is 12.9. The zero-order valence-electron chi connectivity index (χ0n) is 11.4. The molecule has 5 heteroatoms. The highest BCUT2D eigenvalue weighted by Gasteiger charge is 2.09. The Bertz CT molecular complexity index is 166. The largest absolute Gasteiger partial charge is 0.379 e. The number of rotatable bonds is 3. The van der Waals surface area contributed by atoms with Gasteiger partial charge in [0.25, 0.3) is 0 Å². The van der Waals surface area contributed by atoms with Gasteiger partial charge in [-0.05, 0) is 12.2 Å². The van der Waals surface area contributed by atoms with Crippen molar-refractivity contribution in [1.29, 1.82) is 0 Å². The number of ether oxygens (including phenoxy) is 4. The van der Waals surface area contributed by atoms with Crippen LogP contribution < -0.4 is 0 Å². The molecule has 108 valence electrons. The van der Waals surface area contributed by atoms with E-state index in [1.807, 2.05) is 11.8 Å². The summed E-state index contributed by atoms with van der Waals surface area (Å²) in [6, 6.07) is 0. The van der Waals surface area contributed by atoms with E-state index in [1.165, 1.54) is 0 Å². The molecule has 0 atom stereocenters. The summed E-state index contributed by atoms with van der Waals surface area (Å²) in [7, 11) is 0. The lowest BCUT2D eigenvalue weighted by Gasteiger charge is -2.17. The highest BCUT2D eigenvalue weighted by Crippen LogP contribution is 2.10. The third kappa shape index (κ3) is 9.16. The molecule has 0 N–H and O–H groups in total. The predicted octanol–water partition coefficient (Wildman–Crippen LogP) is 1.83. The maximum atomic E-state index is 5.64. The molecule has 1 aliphatic heterocycles. The molecule has 0 saturated carbocycles. The predicted molar refractivity (Wildman–Crippen MR) is 74.4 cm³/mol. The Morgan fingerprint density at radius 3 is 1.94 bits per heavy atom. The lowest BCUT2D eigenvalue weighted by Crippen LogP contribution is -2.22. The van der Waals surface area contributed by atoms with E-state index in [0.29, 0.717) is 32.3 Å². The summed E-state index contributed by atoms with van der Waals surface area (Å²) in [5.41, 5.74) is 0. The van der Waals surface area contributed by atoms with Gasteiger partial charge in [0.1, 0.15) is 0 Å². The molecule has 1 aliphatic rings. The maximum Gasteiger partial charge on any atom is 0.0700 e. The fraction of sp³-hybridized carbons (Fsp3) is 1.00. The van der Waals surface area contributed by atoms with Gasteiger partial charge in [0, 0.05) is 24.9 Å². The molecular weight excluding hydrogens is 252 g/mol. The van der Waals surface area contributed by atoms with Crippen molar-refractivity contribution < 1.29 is 18.9 Å². The molecule has 0 aromatic rings. The topological polar surface area (TPSA) is 36.9 Å². The molecule has 0 unspecified atom stereocenters. The Balaban J connectivity index is 2.20. The molecule has 4 nitrogen and oxygen atoms in total. The smallest absolute Gasteiger partial charge is 0.0700 e. The van der Waals surface area contributed by atoms with Crippen molar-refractivity contribution in [2.24, 2.45) is 5.92 Å². The first-order valence-electron chi connectivity index (χ1n) is 6.82. The molecule has 0 aromatic heterocycles. The molecule has 0 aliphatic carbocycles. The van der Waals surface area contributed by atoms with E-state index >= 15 is 0 Å². The monoisotopic (exact) mass is 278 g/mol. The lowest BCUT2D eigenvalue weighted by atomic mass is 10.2. The van der Waals surface area contributed by atoms with Crippen molar-refractivity contribution in [3.63, 3.8) is 0 Å². The van der Waals surface area contributed by atoms with E-state index in [2.05, 4.69) is 6.92 Å². The first-order chi connectivity index (χ1) is 8.93. The highest BCUT2D eigenvalue weighted by atomic mass is 32.2. The van der Waals surface area contributed by atoms with Gasteiger partial charge in [-0.25, -0.2) is 0 Å². The average molecular weight is 278 g/mol. The number of hydrogen-bond acceptors (Lipinski definition) is 5. The SMILES string of the molecule is CCSCC1COCCOCCCOCCOC1. The van der Waals surface area contributed by atoms with E-state index in [0.717, 1.165) is 44.4 Å². The minimum absolute atomic E-state index is 0.470. The van der Waals surface area contributed by atoms with Gasteiger partial charge in [0.2, 0.25) is 0 Å². The summed E-state index contributed by atoms with van der Waals surface area (Å²) >= 11 is 1.94. The molecule has 1 heterocycles. The van der Waals surface area contributed by atoms with Gasteiger partial charge >= 0.3 is 0 Å². The van der Waals surface area contributed by atoms with Crippen LogP contribution >= 0.6 is 11.8 Å². The van der Waals surface area contributed by atoms with Crippen LogP contribution in [0.4, 0.5) is 0 Å². The van der Waals surface area contributed by atoms with Gasteiger partial charge in [-0.3, -0.25) is 0 Å². The van der Waals surface area contributed by atoms with Crippen LogP contribution in [0.5, 0.6) is 0 Å². The van der Waals surface area contributed by atoms with E-state index in [4.69, 9.17) is 18.9 Å². The second-order valence-electron chi connectivity index (χ2n) is 4.25. The minimum atomic E-state index is 0.470. The van der Waals surface area contributed by atoms with E-state index in [-0.39, 0.29) is 0 Å². The van der Waals surface area contributed by atoms with Crippen LogP contribution in [0.3, 0.4) is 0 Å². The highest BCUT2D eigenvalue weighted by molar-refractivity contribution is 7.99. The standard InChI is InChI=1S/C13H26O4S/c1-2-18-12-13-10-16-8-6-14-4-3-5-15-7-9-17-11-13/h13H,2-12H2,1H3. The Kier molecular flexibility index (Phi) is 11.0. The summed E-state index contributed by atoms with van der Waals surface area (Å²) in [6.07, 6.45) is 0.940. The van der Waals surface area contributed by atoms with E-state index in [9.17, 15) is 0 Å².